The van der Waals surface area contributed by atoms with Crippen molar-refractivity contribution in [2.75, 3.05) is 34.4 Å². The van der Waals surface area contributed by atoms with E-state index in [0.29, 0.717) is 30.0 Å². The number of carbonyl (C=O) groups excluding carboxylic acids is 1. The lowest BCUT2D eigenvalue weighted by atomic mass is 10.1. The molecule has 2 aromatic rings. The summed E-state index contributed by atoms with van der Waals surface area (Å²) in [5, 5.41) is 2.90. The van der Waals surface area contributed by atoms with Crippen molar-refractivity contribution in [3.8, 4) is 11.5 Å². The van der Waals surface area contributed by atoms with Crippen molar-refractivity contribution >= 4 is 5.91 Å². The maximum atomic E-state index is 13.9. The molecule has 1 unspecified atom stereocenters. The second-order valence-corrected chi connectivity index (χ2v) is 6.40. The molecule has 0 fully saturated rings. The SMILES string of the molecule is COc1ccc(CCNC(=O)CN(C)C(C)c2ccccc2F)cc1OC. The van der Waals surface area contributed by atoms with Crippen LogP contribution in [0.2, 0.25) is 0 Å². The highest BCUT2D eigenvalue weighted by Gasteiger charge is 2.17. The van der Waals surface area contributed by atoms with Gasteiger partial charge in [0.25, 0.3) is 0 Å². The highest BCUT2D eigenvalue weighted by Crippen LogP contribution is 2.27. The Labute approximate surface area is 160 Å². The van der Waals surface area contributed by atoms with Crippen LogP contribution in [0.3, 0.4) is 0 Å². The van der Waals surface area contributed by atoms with Crippen LogP contribution >= 0.6 is 0 Å². The van der Waals surface area contributed by atoms with E-state index >= 15 is 0 Å². The Kier molecular flexibility index (Phi) is 7.61. The predicted octanol–water partition coefficient (Wildman–Crippen LogP) is 3.19. The fourth-order valence-electron chi connectivity index (χ4n) is 2.85. The van der Waals surface area contributed by atoms with Gasteiger partial charge in [-0.05, 0) is 44.2 Å². The molecule has 5 nitrogen and oxygen atoms in total. The van der Waals surface area contributed by atoms with Crippen molar-refractivity contribution < 1.29 is 18.7 Å². The zero-order valence-electron chi connectivity index (χ0n) is 16.3. The Morgan fingerprint density at radius 3 is 2.52 bits per heavy atom. The van der Waals surface area contributed by atoms with Gasteiger partial charge in [0.2, 0.25) is 5.91 Å². The number of hydrogen-bond acceptors (Lipinski definition) is 4. The molecule has 0 spiro atoms. The zero-order chi connectivity index (χ0) is 19.8. The Hall–Kier alpha value is -2.60. The molecule has 0 aromatic heterocycles. The molecule has 0 aliphatic carbocycles. The minimum Gasteiger partial charge on any atom is -0.493 e. The summed E-state index contributed by atoms with van der Waals surface area (Å²) in [4.78, 5) is 14.0. The molecule has 0 aliphatic heterocycles. The average molecular weight is 374 g/mol. The molecule has 0 radical (unpaired) electrons. The number of halogens is 1. The van der Waals surface area contributed by atoms with E-state index in [2.05, 4.69) is 5.32 Å². The summed E-state index contributed by atoms with van der Waals surface area (Å²) in [5.41, 5.74) is 1.62. The smallest absolute Gasteiger partial charge is 0.234 e. The van der Waals surface area contributed by atoms with Gasteiger partial charge in [0.1, 0.15) is 5.82 Å². The van der Waals surface area contributed by atoms with Crippen LogP contribution in [-0.2, 0) is 11.2 Å². The summed E-state index contributed by atoms with van der Waals surface area (Å²) in [6.07, 6.45) is 0.679. The number of methoxy groups -OCH3 is 2. The fourth-order valence-corrected chi connectivity index (χ4v) is 2.85. The van der Waals surface area contributed by atoms with Gasteiger partial charge >= 0.3 is 0 Å². The monoisotopic (exact) mass is 374 g/mol. The lowest BCUT2D eigenvalue weighted by Crippen LogP contribution is -2.37. The summed E-state index contributed by atoms with van der Waals surface area (Å²) in [6, 6.07) is 12.1. The third kappa shape index (κ3) is 5.69. The molecule has 2 aromatic carbocycles. The van der Waals surface area contributed by atoms with Crippen LogP contribution in [0.25, 0.3) is 0 Å². The molecule has 0 aliphatic rings. The molecular weight excluding hydrogens is 347 g/mol. The number of nitrogens with one attached hydrogen (secondary N) is 1. The van der Waals surface area contributed by atoms with Crippen molar-refractivity contribution in [2.24, 2.45) is 0 Å². The molecular formula is C21H27FN2O3. The molecule has 27 heavy (non-hydrogen) atoms. The molecule has 0 saturated heterocycles. The van der Waals surface area contributed by atoms with E-state index in [9.17, 15) is 9.18 Å². The topological polar surface area (TPSA) is 50.8 Å². The summed E-state index contributed by atoms with van der Waals surface area (Å²) in [5.74, 6) is 0.987. The second-order valence-electron chi connectivity index (χ2n) is 6.40. The van der Waals surface area contributed by atoms with Gasteiger partial charge in [-0.15, -0.1) is 0 Å². The summed E-state index contributed by atoms with van der Waals surface area (Å²) >= 11 is 0. The third-order valence-electron chi connectivity index (χ3n) is 4.59. The minimum atomic E-state index is -0.259. The van der Waals surface area contributed by atoms with Gasteiger partial charge < -0.3 is 14.8 Å². The number of nitrogens with zero attached hydrogens (tertiary/aromatic N) is 1. The lowest BCUT2D eigenvalue weighted by Gasteiger charge is -2.24. The van der Waals surface area contributed by atoms with E-state index in [1.807, 2.05) is 37.1 Å². The number of ether oxygens (including phenoxy) is 2. The van der Waals surface area contributed by atoms with Crippen molar-refractivity contribution in [3.05, 3.63) is 59.4 Å². The normalized spacial score (nSPS) is 11.9. The Bertz CT molecular complexity index is 767. The summed E-state index contributed by atoms with van der Waals surface area (Å²) in [7, 11) is 5.00. The first kappa shape index (κ1) is 20.7. The van der Waals surface area contributed by atoms with Gasteiger partial charge in [-0.2, -0.15) is 0 Å². The largest absolute Gasteiger partial charge is 0.493 e. The number of rotatable bonds is 9. The van der Waals surface area contributed by atoms with Crippen LogP contribution in [-0.4, -0.2) is 45.2 Å². The Morgan fingerprint density at radius 1 is 1.15 bits per heavy atom. The first-order valence-corrected chi connectivity index (χ1v) is 8.88. The first-order chi connectivity index (χ1) is 13.0. The third-order valence-corrected chi connectivity index (χ3v) is 4.59. The van der Waals surface area contributed by atoms with Crippen LogP contribution < -0.4 is 14.8 Å². The minimum absolute atomic E-state index is 0.0961. The van der Waals surface area contributed by atoms with E-state index in [-0.39, 0.29) is 24.3 Å². The van der Waals surface area contributed by atoms with Gasteiger partial charge in [-0.3, -0.25) is 9.69 Å². The van der Waals surface area contributed by atoms with Crippen LogP contribution in [0.5, 0.6) is 11.5 Å². The molecule has 0 bridgehead atoms. The predicted molar refractivity (Wildman–Crippen MR) is 104 cm³/mol. The van der Waals surface area contributed by atoms with Crippen molar-refractivity contribution in [3.63, 3.8) is 0 Å². The fraction of sp³-hybridized carbons (Fsp3) is 0.381. The van der Waals surface area contributed by atoms with E-state index in [1.165, 1.54) is 6.07 Å². The molecule has 6 heteroatoms. The molecule has 2 rings (SSSR count). The number of hydrogen-bond donors (Lipinski definition) is 1. The van der Waals surface area contributed by atoms with E-state index in [1.54, 1.807) is 32.4 Å². The van der Waals surface area contributed by atoms with E-state index in [4.69, 9.17) is 9.47 Å². The molecule has 0 heterocycles. The maximum Gasteiger partial charge on any atom is 0.234 e. The summed E-state index contributed by atoms with van der Waals surface area (Å²) in [6.45, 7) is 2.59. The first-order valence-electron chi connectivity index (χ1n) is 8.88. The molecule has 1 N–H and O–H groups in total. The number of carbonyl (C=O) groups is 1. The van der Waals surface area contributed by atoms with Crippen LogP contribution in [0.1, 0.15) is 24.1 Å². The van der Waals surface area contributed by atoms with E-state index in [0.717, 1.165) is 5.56 Å². The van der Waals surface area contributed by atoms with Crippen molar-refractivity contribution in [1.82, 2.24) is 10.2 Å². The molecule has 1 amide bonds. The summed E-state index contributed by atoms with van der Waals surface area (Å²) < 4.78 is 24.4. The zero-order valence-corrected chi connectivity index (χ0v) is 16.3. The second kappa shape index (κ2) is 9.92. The van der Waals surface area contributed by atoms with Gasteiger partial charge in [0.05, 0.1) is 20.8 Å². The van der Waals surface area contributed by atoms with Gasteiger partial charge in [0, 0.05) is 18.2 Å². The van der Waals surface area contributed by atoms with Crippen molar-refractivity contribution in [2.45, 2.75) is 19.4 Å². The van der Waals surface area contributed by atoms with Gasteiger partial charge in [-0.1, -0.05) is 24.3 Å². The lowest BCUT2D eigenvalue weighted by molar-refractivity contribution is -0.122. The number of likely N-dealkylation sites (N-methyl/N-ethyl adjacent to an activating group) is 1. The molecule has 146 valence electrons. The van der Waals surface area contributed by atoms with E-state index < -0.39 is 0 Å². The van der Waals surface area contributed by atoms with Gasteiger partial charge in [-0.25, -0.2) is 4.39 Å². The number of benzene rings is 2. The Balaban J connectivity index is 1.83. The van der Waals surface area contributed by atoms with Gasteiger partial charge in [0.15, 0.2) is 11.5 Å². The average Bonchev–Trinajstić information content (AvgIpc) is 2.67. The number of amides is 1. The van der Waals surface area contributed by atoms with Crippen molar-refractivity contribution in [1.29, 1.82) is 0 Å². The molecule has 0 saturated carbocycles. The maximum absolute atomic E-state index is 13.9. The van der Waals surface area contributed by atoms with Crippen LogP contribution in [0.4, 0.5) is 4.39 Å². The highest BCUT2D eigenvalue weighted by molar-refractivity contribution is 5.78. The quantitative estimate of drug-likeness (QED) is 0.732. The Morgan fingerprint density at radius 2 is 1.85 bits per heavy atom. The standard InChI is InChI=1S/C21H27FN2O3/c1-15(17-7-5-6-8-18(17)22)24(2)14-21(25)23-12-11-16-9-10-19(26-3)20(13-16)27-4/h5-10,13,15H,11-12,14H2,1-4H3,(H,23,25). The molecule has 1 atom stereocenters. The van der Waals surface area contributed by atoms with Crippen LogP contribution in [0.15, 0.2) is 42.5 Å². The highest BCUT2D eigenvalue weighted by atomic mass is 19.1. The van der Waals surface area contributed by atoms with Crippen LogP contribution in [0, 0.1) is 5.82 Å².